The quantitative estimate of drug-likeness (QED) is 0.507. The standard InChI is InChI=1S/C7H17N3/c1-10-4-2-3-9-6-7(10)5-8/h7,9H,2-6,8H2,1H3. The largest absolute Gasteiger partial charge is 0.329 e. The average Bonchev–Trinajstić information content (AvgIpc) is 2.13. The molecule has 3 nitrogen and oxygen atoms in total. The molecular weight excluding hydrogens is 126 g/mol. The Morgan fingerprint density at radius 3 is 3.20 bits per heavy atom. The molecule has 1 heterocycles. The maximum Gasteiger partial charge on any atom is 0.0340 e. The molecule has 1 saturated heterocycles. The smallest absolute Gasteiger partial charge is 0.0340 e. The molecule has 1 aliphatic rings. The van der Waals surface area contributed by atoms with Gasteiger partial charge in [-0.1, -0.05) is 0 Å². The second-order valence-electron chi connectivity index (χ2n) is 2.93. The van der Waals surface area contributed by atoms with Crippen molar-refractivity contribution in [1.29, 1.82) is 0 Å². The molecule has 3 N–H and O–H groups in total. The Labute approximate surface area is 62.6 Å². The lowest BCUT2D eigenvalue weighted by molar-refractivity contribution is 0.263. The third kappa shape index (κ3) is 1.94. The minimum absolute atomic E-state index is 0.544. The molecule has 0 spiro atoms. The molecule has 0 saturated carbocycles. The lowest BCUT2D eigenvalue weighted by Crippen LogP contribution is -2.42. The van der Waals surface area contributed by atoms with Crippen molar-refractivity contribution in [2.24, 2.45) is 5.73 Å². The number of nitrogens with two attached hydrogens (primary N) is 1. The van der Waals surface area contributed by atoms with E-state index in [1.807, 2.05) is 0 Å². The Bertz CT molecular complexity index is 94.9. The highest BCUT2D eigenvalue weighted by Crippen LogP contribution is 1.98. The van der Waals surface area contributed by atoms with E-state index < -0.39 is 0 Å². The van der Waals surface area contributed by atoms with Crippen LogP contribution in [-0.4, -0.2) is 44.2 Å². The fourth-order valence-electron chi connectivity index (χ4n) is 1.32. The summed E-state index contributed by atoms with van der Waals surface area (Å²) in [5, 5.41) is 3.36. The van der Waals surface area contributed by atoms with E-state index in [2.05, 4.69) is 17.3 Å². The summed E-state index contributed by atoms with van der Waals surface area (Å²) >= 11 is 0. The van der Waals surface area contributed by atoms with Crippen molar-refractivity contribution in [2.45, 2.75) is 12.5 Å². The first-order valence-corrected chi connectivity index (χ1v) is 3.95. The third-order valence-electron chi connectivity index (χ3n) is 2.14. The molecule has 1 atom stereocenters. The zero-order chi connectivity index (χ0) is 7.40. The normalized spacial score (nSPS) is 30.0. The van der Waals surface area contributed by atoms with Gasteiger partial charge >= 0.3 is 0 Å². The van der Waals surface area contributed by atoms with Crippen LogP contribution in [0.1, 0.15) is 6.42 Å². The summed E-state index contributed by atoms with van der Waals surface area (Å²) in [5.41, 5.74) is 5.58. The molecule has 0 aliphatic carbocycles. The summed E-state index contributed by atoms with van der Waals surface area (Å²) in [6.07, 6.45) is 1.24. The van der Waals surface area contributed by atoms with Gasteiger partial charge in [-0.3, -0.25) is 0 Å². The summed E-state index contributed by atoms with van der Waals surface area (Å²) in [4.78, 5) is 2.33. The van der Waals surface area contributed by atoms with Crippen LogP contribution in [0.5, 0.6) is 0 Å². The second kappa shape index (κ2) is 3.91. The SMILES string of the molecule is CN1CCCNCC1CN. The van der Waals surface area contributed by atoms with E-state index in [0.29, 0.717) is 6.04 Å². The molecule has 1 rings (SSSR count). The van der Waals surface area contributed by atoms with Crippen molar-refractivity contribution >= 4 is 0 Å². The monoisotopic (exact) mass is 143 g/mol. The van der Waals surface area contributed by atoms with Crippen LogP contribution in [0.25, 0.3) is 0 Å². The van der Waals surface area contributed by atoms with Gasteiger partial charge in [0, 0.05) is 19.1 Å². The maximum absolute atomic E-state index is 5.58. The number of nitrogens with one attached hydrogen (secondary N) is 1. The summed E-state index contributed by atoms with van der Waals surface area (Å²) in [7, 11) is 2.14. The van der Waals surface area contributed by atoms with Crippen molar-refractivity contribution in [1.82, 2.24) is 10.2 Å². The molecule has 0 aromatic carbocycles. The predicted octanol–water partition coefficient (Wildman–Crippen LogP) is -0.761. The predicted molar refractivity (Wildman–Crippen MR) is 43.0 cm³/mol. The molecule has 1 unspecified atom stereocenters. The first-order valence-electron chi connectivity index (χ1n) is 3.95. The zero-order valence-electron chi connectivity index (χ0n) is 6.64. The van der Waals surface area contributed by atoms with E-state index in [1.165, 1.54) is 13.0 Å². The van der Waals surface area contributed by atoms with Crippen LogP contribution in [0, 0.1) is 0 Å². The van der Waals surface area contributed by atoms with Crippen molar-refractivity contribution < 1.29 is 0 Å². The van der Waals surface area contributed by atoms with Gasteiger partial charge < -0.3 is 16.0 Å². The number of hydrogen-bond acceptors (Lipinski definition) is 3. The van der Waals surface area contributed by atoms with Gasteiger partial charge in [0.25, 0.3) is 0 Å². The fraction of sp³-hybridized carbons (Fsp3) is 1.00. The van der Waals surface area contributed by atoms with Crippen LogP contribution in [0.4, 0.5) is 0 Å². The van der Waals surface area contributed by atoms with Crippen molar-refractivity contribution in [3.8, 4) is 0 Å². The van der Waals surface area contributed by atoms with Crippen LogP contribution in [0.3, 0.4) is 0 Å². The van der Waals surface area contributed by atoms with Gasteiger partial charge in [0.05, 0.1) is 0 Å². The highest BCUT2D eigenvalue weighted by molar-refractivity contribution is 4.75. The van der Waals surface area contributed by atoms with E-state index in [0.717, 1.165) is 19.6 Å². The highest BCUT2D eigenvalue weighted by atomic mass is 15.2. The Morgan fingerprint density at radius 2 is 2.50 bits per heavy atom. The maximum atomic E-state index is 5.58. The van der Waals surface area contributed by atoms with Crippen molar-refractivity contribution in [2.75, 3.05) is 33.2 Å². The summed E-state index contributed by atoms with van der Waals surface area (Å²) < 4.78 is 0. The van der Waals surface area contributed by atoms with Gasteiger partial charge in [0.15, 0.2) is 0 Å². The molecule has 0 amide bonds. The first kappa shape index (κ1) is 7.98. The van der Waals surface area contributed by atoms with Gasteiger partial charge in [0.1, 0.15) is 0 Å². The Kier molecular flexibility index (Phi) is 3.12. The van der Waals surface area contributed by atoms with Crippen LogP contribution >= 0.6 is 0 Å². The van der Waals surface area contributed by atoms with Crippen LogP contribution < -0.4 is 11.1 Å². The van der Waals surface area contributed by atoms with Gasteiger partial charge in [-0.2, -0.15) is 0 Å². The fourth-order valence-corrected chi connectivity index (χ4v) is 1.32. The van der Waals surface area contributed by atoms with E-state index in [1.54, 1.807) is 0 Å². The molecule has 0 bridgehead atoms. The topological polar surface area (TPSA) is 41.3 Å². The summed E-state index contributed by atoms with van der Waals surface area (Å²) in [6.45, 7) is 4.13. The van der Waals surface area contributed by atoms with Gasteiger partial charge in [-0.15, -0.1) is 0 Å². The van der Waals surface area contributed by atoms with E-state index in [4.69, 9.17) is 5.73 Å². The van der Waals surface area contributed by atoms with Crippen LogP contribution in [-0.2, 0) is 0 Å². The molecule has 1 fully saturated rings. The summed E-state index contributed by atoms with van der Waals surface area (Å²) in [5.74, 6) is 0. The number of rotatable bonds is 1. The van der Waals surface area contributed by atoms with Gasteiger partial charge in [0.2, 0.25) is 0 Å². The highest BCUT2D eigenvalue weighted by Gasteiger charge is 2.14. The van der Waals surface area contributed by atoms with Crippen LogP contribution in [0.15, 0.2) is 0 Å². The molecule has 0 aromatic heterocycles. The Hall–Kier alpha value is -0.120. The molecule has 1 aliphatic heterocycles. The first-order chi connectivity index (χ1) is 4.84. The third-order valence-corrected chi connectivity index (χ3v) is 2.14. The lowest BCUT2D eigenvalue weighted by atomic mass is 10.2. The average molecular weight is 143 g/mol. The molecule has 60 valence electrons. The van der Waals surface area contributed by atoms with Gasteiger partial charge in [-0.25, -0.2) is 0 Å². The van der Waals surface area contributed by atoms with Gasteiger partial charge in [-0.05, 0) is 26.6 Å². The lowest BCUT2D eigenvalue weighted by Gasteiger charge is -2.23. The molecule has 0 radical (unpaired) electrons. The molecule has 3 heteroatoms. The van der Waals surface area contributed by atoms with E-state index in [9.17, 15) is 0 Å². The summed E-state index contributed by atoms with van der Waals surface area (Å²) in [6, 6.07) is 0.544. The minimum Gasteiger partial charge on any atom is -0.329 e. The zero-order valence-corrected chi connectivity index (χ0v) is 6.64. The second-order valence-corrected chi connectivity index (χ2v) is 2.93. The van der Waals surface area contributed by atoms with Crippen molar-refractivity contribution in [3.05, 3.63) is 0 Å². The Morgan fingerprint density at radius 1 is 1.70 bits per heavy atom. The van der Waals surface area contributed by atoms with E-state index >= 15 is 0 Å². The molecular formula is C7H17N3. The number of nitrogens with zero attached hydrogens (tertiary/aromatic N) is 1. The number of hydrogen-bond donors (Lipinski definition) is 2. The minimum atomic E-state index is 0.544. The molecule has 0 aromatic rings. The van der Waals surface area contributed by atoms with E-state index in [-0.39, 0.29) is 0 Å². The van der Waals surface area contributed by atoms with Crippen molar-refractivity contribution in [3.63, 3.8) is 0 Å². The van der Waals surface area contributed by atoms with Crippen LogP contribution in [0.2, 0.25) is 0 Å². The number of likely N-dealkylation sites (N-methyl/N-ethyl adjacent to an activating group) is 1. The Balaban J connectivity index is 2.35. The molecule has 10 heavy (non-hydrogen) atoms.